The van der Waals surface area contributed by atoms with Gasteiger partial charge in [0.05, 0.1) is 0 Å². The third kappa shape index (κ3) is 19.1. The van der Waals surface area contributed by atoms with Crippen molar-refractivity contribution in [1.82, 2.24) is 0 Å². The highest BCUT2D eigenvalue weighted by Crippen LogP contribution is 2.09. The molecule has 0 atom stereocenters. The first-order valence-electron chi connectivity index (χ1n) is 9.87. The van der Waals surface area contributed by atoms with Gasteiger partial charge in [0.1, 0.15) is 0 Å². The van der Waals surface area contributed by atoms with Crippen molar-refractivity contribution in [3.63, 3.8) is 0 Å². The van der Waals surface area contributed by atoms with Crippen molar-refractivity contribution in [2.75, 3.05) is 0 Å². The number of unbranched alkanes of at least 4 members (excludes halogenated alkanes) is 14. The van der Waals surface area contributed by atoms with Crippen molar-refractivity contribution in [1.29, 1.82) is 0 Å². The maximum absolute atomic E-state index is 3.19. The van der Waals surface area contributed by atoms with Crippen molar-refractivity contribution < 1.29 is 0 Å². The minimum Gasteiger partial charge on any atom is -0.0891 e. The van der Waals surface area contributed by atoms with Crippen LogP contribution in [0.25, 0.3) is 0 Å². The molecule has 0 radical (unpaired) electrons. The summed E-state index contributed by atoms with van der Waals surface area (Å²) in [5, 5.41) is 0. The third-order valence-electron chi connectivity index (χ3n) is 4.05. The molecule has 0 saturated carbocycles. The summed E-state index contributed by atoms with van der Waals surface area (Å²) in [6.07, 6.45) is 21.1. The molecule has 0 rings (SSSR count). The highest BCUT2D eigenvalue weighted by atomic mass is 14.0. The molecule has 0 heterocycles. The lowest BCUT2D eigenvalue weighted by Crippen LogP contribution is -1.80. The minimum absolute atomic E-state index is 1.03. The molecule has 0 aliphatic rings. The highest BCUT2D eigenvalue weighted by Gasteiger charge is 1.90. The zero-order valence-corrected chi connectivity index (χ0v) is 15.3. The summed E-state index contributed by atoms with van der Waals surface area (Å²) in [4.78, 5) is 0. The molecule has 0 aromatic carbocycles. The Balaban J connectivity index is 3.23. The molecule has 0 aliphatic heterocycles. The van der Waals surface area contributed by atoms with Gasteiger partial charge in [-0.1, -0.05) is 103 Å². The lowest BCUT2D eigenvalue weighted by Gasteiger charge is -1.98. The van der Waals surface area contributed by atoms with E-state index in [1.165, 1.54) is 89.9 Å². The Labute approximate surface area is 140 Å². The van der Waals surface area contributed by atoms with E-state index in [4.69, 9.17) is 0 Å². The van der Waals surface area contributed by atoms with Crippen LogP contribution in [0.5, 0.6) is 0 Å². The molecule has 0 N–H and O–H groups in total. The molecule has 0 unspecified atom stereocenters. The second kappa shape index (κ2) is 20.1. The van der Waals surface area contributed by atoms with Crippen LogP contribution in [0.1, 0.15) is 117 Å². The first-order chi connectivity index (χ1) is 10.9. The molecule has 0 aromatic heterocycles. The molecule has 0 saturated heterocycles. The second-order valence-corrected chi connectivity index (χ2v) is 6.35. The first kappa shape index (κ1) is 21.1. The van der Waals surface area contributed by atoms with E-state index in [1.54, 1.807) is 0 Å². The van der Waals surface area contributed by atoms with E-state index in [2.05, 4.69) is 37.5 Å². The van der Waals surface area contributed by atoms with Gasteiger partial charge in [0.2, 0.25) is 0 Å². The third-order valence-corrected chi connectivity index (χ3v) is 4.05. The first-order valence-corrected chi connectivity index (χ1v) is 9.87. The van der Waals surface area contributed by atoms with Crippen molar-refractivity contribution in [3.05, 3.63) is 0 Å². The minimum atomic E-state index is 1.03. The van der Waals surface area contributed by atoms with E-state index in [9.17, 15) is 0 Å². The molecule has 0 spiro atoms. The van der Waals surface area contributed by atoms with Crippen LogP contribution < -0.4 is 0 Å². The largest absolute Gasteiger partial charge is 0.0891 e. The monoisotopic (exact) mass is 302 g/mol. The number of hydrogen-bond acceptors (Lipinski definition) is 0. The lowest BCUT2D eigenvalue weighted by atomic mass is 10.1. The van der Waals surface area contributed by atoms with Crippen molar-refractivity contribution in [3.8, 4) is 23.7 Å². The Morgan fingerprint density at radius 2 is 0.727 bits per heavy atom. The second-order valence-electron chi connectivity index (χ2n) is 6.35. The number of rotatable bonds is 14. The summed E-state index contributed by atoms with van der Waals surface area (Å²) < 4.78 is 0. The van der Waals surface area contributed by atoms with Crippen LogP contribution in [0.2, 0.25) is 0 Å². The molecule has 22 heavy (non-hydrogen) atoms. The Bertz CT molecular complexity index is 317. The fourth-order valence-electron chi connectivity index (χ4n) is 2.55. The summed E-state index contributed by atoms with van der Waals surface area (Å²) in [5.41, 5.74) is 0. The SMILES string of the molecule is CCCCCCCCC#CC#CCCCCCCCCCC. The summed E-state index contributed by atoms with van der Waals surface area (Å²) in [7, 11) is 0. The molecule has 0 aliphatic carbocycles. The molecule has 0 heteroatoms. The van der Waals surface area contributed by atoms with Gasteiger partial charge < -0.3 is 0 Å². The van der Waals surface area contributed by atoms with Gasteiger partial charge in [-0.3, -0.25) is 0 Å². The van der Waals surface area contributed by atoms with Gasteiger partial charge in [-0.25, -0.2) is 0 Å². The Morgan fingerprint density at radius 3 is 1.09 bits per heavy atom. The predicted octanol–water partition coefficient (Wildman–Crippen LogP) is 7.27. The van der Waals surface area contributed by atoms with Gasteiger partial charge in [-0.15, -0.1) is 0 Å². The average molecular weight is 303 g/mol. The van der Waals surface area contributed by atoms with Crippen LogP contribution >= 0.6 is 0 Å². The molecular weight excluding hydrogens is 264 g/mol. The molecule has 0 aromatic rings. The van der Waals surface area contributed by atoms with Gasteiger partial charge in [0, 0.05) is 12.8 Å². The van der Waals surface area contributed by atoms with Crippen LogP contribution in [-0.2, 0) is 0 Å². The van der Waals surface area contributed by atoms with E-state index in [-0.39, 0.29) is 0 Å². The molecule has 126 valence electrons. The molecular formula is C22H38. The highest BCUT2D eigenvalue weighted by molar-refractivity contribution is 5.25. The smallest absolute Gasteiger partial charge is 0.00989 e. The van der Waals surface area contributed by atoms with Gasteiger partial charge in [-0.05, 0) is 24.7 Å². The van der Waals surface area contributed by atoms with Gasteiger partial charge in [-0.2, -0.15) is 0 Å². The summed E-state index contributed by atoms with van der Waals surface area (Å²) in [6.45, 7) is 4.53. The molecule has 0 fully saturated rings. The summed E-state index contributed by atoms with van der Waals surface area (Å²) in [6, 6.07) is 0. The van der Waals surface area contributed by atoms with Gasteiger partial charge in [0.25, 0.3) is 0 Å². The zero-order chi connectivity index (χ0) is 16.1. The van der Waals surface area contributed by atoms with Crippen LogP contribution in [0.4, 0.5) is 0 Å². The Hall–Kier alpha value is -0.880. The fourth-order valence-corrected chi connectivity index (χ4v) is 2.55. The maximum atomic E-state index is 3.19. The van der Waals surface area contributed by atoms with Crippen LogP contribution in [0.15, 0.2) is 0 Å². The Morgan fingerprint density at radius 1 is 0.409 bits per heavy atom. The van der Waals surface area contributed by atoms with Crippen LogP contribution in [-0.4, -0.2) is 0 Å². The van der Waals surface area contributed by atoms with Gasteiger partial charge in [0.15, 0.2) is 0 Å². The molecule has 0 amide bonds. The zero-order valence-electron chi connectivity index (χ0n) is 15.3. The van der Waals surface area contributed by atoms with E-state index in [0.29, 0.717) is 0 Å². The quantitative estimate of drug-likeness (QED) is 0.234. The van der Waals surface area contributed by atoms with Crippen molar-refractivity contribution in [2.45, 2.75) is 117 Å². The van der Waals surface area contributed by atoms with Crippen LogP contribution in [0.3, 0.4) is 0 Å². The van der Waals surface area contributed by atoms with Crippen LogP contribution in [0, 0.1) is 23.7 Å². The van der Waals surface area contributed by atoms with E-state index >= 15 is 0 Å². The fraction of sp³-hybridized carbons (Fsp3) is 0.818. The normalized spacial score (nSPS) is 9.73. The Kier molecular flexibility index (Phi) is 19.3. The van der Waals surface area contributed by atoms with E-state index < -0.39 is 0 Å². The van der Waals surface area contributed by atoms with Crippen molar-refractivity contribution in [2.24, 2.45) is 0 Å². The summed E-state index contributed by atoms with van der Waals surface area (Å²) in [5.74, 6) is 12.4. The number of hydrogen-bond donors (Lipinski definition) is 0. The molecule has 0 bridgehead atoms. The van der Waals surface area contributed by atoms with E-state index in [0.717, 1.165) is 12.8 Å². The molecule has 0 nitrogen and oxygen atoms in total. The topological polar surface area (TPSA) is 0 Å². The predicted molar refractivity (Wildman–Crippen MR) is 101 cm³/mol. The van der Waals surface area contributed by atoms with Gasteiger partial charge >= 0.3 is 0 Å². The maximum Gasteiger partial charge on any atom is 0.00989 e. The standard InChI is InChI=1S/C22H38/c1-3-5-7-9-11-13-15-17-19-21-22-20-18-16-14-12-10-8-6-4-2/h3-17,19H2,1-2H3. The lowest BCUT2D eigenvalue weighted by molar-refractivity contribution is 0.579. The van der Waals surface area contributed by atoms with E-state index in [1.807, 2.05) is 0 Å². The average Bonchev–Trinajstić information content (AvgIpc) is 2.54. The summed E-state index contributed by atoms with van der Waals surface area (Å²) >= 11 is 0. The van der Waals surface area contributed by atoms with Crippen molar-refractivity contribution >= 4 is 0 Å².